The fourth-order valence-electron chi connectivity index (χ4n) is 5.60. The molecule has 3 aliphatic rings. The largest absolute Gasteiger partial charge is 0.459 e. The Balaban J connectivity index is 1.54. The summed E-state index contributed by atoms with van der Waals surface area (Å²) in [4.78, 5) is 39.1. The van der Waals surface area contributed by atoms with E-state index in [1.54, 1.807) is 30.3 Å². The first-order valence-electron chi connectivity index (χ1n) is 14.3. The van der Waals surface area contributed by atoms with E-state index in [9.17, 15) is 19.5 Å². The minimum atomic E-state index is -1.53. The summed E-state index contributed by atoms with van der Waals surface area (Å²) in [6.45, 7) is -0.740. The van der Waals surface area contributed by atoms with Crippen molar-refractivity contribution in [2.24, 2.45) is 0 Å². The molecule has 6 bridgehead atoms. The highest BCUT2D eigenvalue weighted by Crippen LogP contribution is 2.34. The van der Waals surface area contributed by atoms with E-state index in [-0.39, 0.29) is 23.3 Å². The monoisotopic (exact) mass is 632 g/mol. The SMILES string of the molecule is CO[C@H]1O[C@@H]2COC(=O)c3cccc(c3)C(=O)OC[C@H]3O[C@H](O[C@@H]([C@@H]2O)[C@H]1OC(=O)c1ccccc1)[C@H](OC)[C@@H](OC)[C@H]3OC. The van der Waals surface area contributed by atoms with Gasteiger partial charge in [-0.1, -0.05) is 24.3 Å². The molecule has 2 fully saturated rings. The van der Waals surface area contributed by atoms with Crippen molar-refractivity contribution in [1.82, 2.24) is 0 Å². The Morgan fingerprint density at radius 2 is 1.33 bits per heavy atom. The second kappa shape index (κ2) is 14.7. The van der Waals surface area contributed by atoms with Crippen molar-refractivity contribution in [3.05, 3.63) is 71.3 Å². The van der Waals surface area contributed by atoms with E-state index >= 15 is 0 Å². The molecule has 45 heavy (non-hydrogen) atoms. The fourth-order valence-corrected chi connectivity index (χ4v) is 5.60. The lowest BCUT2D eigenvalue weighted by atomic mass is 9.96. The first-order valence-corrected chi connectivity index (χ1v) is 14.3. The standard InChI is InChI=1S/C31H36O14/c1-36-22-20-15-41-28(34)18-12-8-11-17(13-18)27(33)40-14-19-21(32)23(45-31(43-20)25(38-3)24(22)37-2)26(30(39-4)42-19)44-29(35)16-9-6-5-7-10-16/h5-13,19-26,30-32H,14-15H2,1-4H3/t19-,20-,21-,22+,23+,24+,25-,26-,30+,31-/m1/s1. The Kier molecular flexibility index (Phi) is 10.8. The Bertz CT molecular complexity index is 1320. The van der Waals surface area contributed by atoms with E-state index in [4.69, 9.17) is 47.4 Å². The van der Waals surface area contributed by atoms with Gasteiger partial charge in [0, 0.05) is 28.4 Å². The number of rotatable bonds is 6. The predicted molar refractivity (Wildman–Crippen MR) is 150 cm³/mol. The number of benzene rings is 2. The lowest BCUT2D eigenvalue weighted by molar-refractivity contribution is -0.361. The van der Waals surface area contributed by atoms with Crippen LogP contribution in [0.4, 0.5) is 0 Å². The van der Waals surface area contributed by atoms with Gasteiger partial charge in [-0.3, -0.25) is 0 Å². The molecule has 10 atom stereocenters. The first kappa shape index (κ1) is 32.9. The molecule has 244 valence electrons. The summed E-state index contributed by atoms with van der Waals surface area (Å²) in [7, 11) is 5.63. The maximum absolute atomic E-state index is 13.2. The molecule has 2 saturated heterocycles. The summed E-state index contributed by atoms with van der Waals surface area (Å²) in [5.41, 5.74) is 0.406. The van der Waals surface area contributed by atoms with E-state index in [0.29, 0.717) is 0 Å². The molecular weight excluding hydrogens is 596 g/mol. The van der Waals surface area contributed by atoms with Crippen molar-refractivity contribution in [3.8, 4) is 0 Å². The number of fused-ring (bicyclic) bond motifs is 6. The number of methoxy groups -OCH3 is 4. The number of ether oxygens (including phenoxy) is 10. The molecule has 0 radical (unpaired) electrons. The second-order valence-electron chi connectivity index (χ2n) is 10.5. The van der Waals surface area contributed by atoms with Gasteiger partial charge in [-0.25, -0.2) is 14.4 Å². The van der Waals surface area contributed by atoms with Gasteiger partial charge in [0.2, 0.25) is 0 Å². The van der Waals surface area contributed by atoms with Crippen LogP contribution in [0.15, 0.2) is 54.6 Å². The summed E-state index contributed by atoms with van der Waals surface area (Å²) in [5, 5.41) is 11.6. The average molecular weight is 633 g/mol. The van der Waals surface area contributed by atoms with Crippen LogP contribution < -0.4 is 0 Å². The van der Waals surface area contributed by atoms with Crippen molar-refractivity contribution in [2.45, 2.75) is 61.4 Å². The molecular formula is C31H36O14. The number of hydrogen-bond donors (Lipinski definition) is 1. The van der Waals surface area contributed by atoms with Crippen molar-refractivity contribution in [2.75, 3.05) is 41.7 Å². The third kappa shape index (κ3) is 7.03. The third-order valence-electron chi connectivity index (χ3n) is 7.89. The van der Waals surface area contributed by atoms with Gasteiger partial charge in [-0.15, -0.1) is 0 Å². The number of cyclic esters (lactones) is 2. The molecule has 0 aromatic heterocycles. The fraction of sp³-hybridized carbons (Fsp3) is 0.516. The summed E-state index contributed by atoms with van der Waals surface area (Å²) in [5.74, 6) is -2.23. The van der Waals surface area contributed by atoms with Gasteiger partial charge < -0.3 is 52.5 Å². The second-order valence-corrected chi connectivity index (χ2v) is 10.5. The minimum Gasteiger partial charge on any atom is -0.459 e. The molecule has 1 N–H and O–H groups in total. The summed E-state index contributed by atoms with van der Waals surface area (Å²) in [6.07, 6.45) is -11.4. The van der Waals surface area contributed by atoms with Gasteiger partial charge in [-0.2, -0.15) is 0 Å². The van der Waals surface area contributed by atoms with Crippen molar-refractivity contribution in [3.63, 3.8) is 0 Å². The number of aliphatic hydroxyl groups excluding tert-OH is 1. The van der Waals surface area contributed by atoms with Crippen molar-refractivity contribution >= 4 is 17.9 Å². The molecule has 0 amide bonds. The summed E-state index contributed by atoms with van der Waals surface area (Å²) in [6, 6.07) is 14.0. The predicted octanol–water partition coefficient (Wildman–Crippen LogP) is 1.13. The van der Waals surface area contributed by atoms with Crippen LogP contribution in [0.1, 0.15) is 31.1 Å². The summed E-state index contributed by atoms with van der Waals surface area (Å²) >= 11 is 0. The Hall–Kier alpha value is -3.47. The molecule has 2 aromatic carbocycles. The van der Waals surface area contributed by atoms with Crippen molar-refractivity contribution in [1.29, 1.82) is 0 Å². The number of aliphatic hydroxyl groups is 1. The highest BCUT2D eigenvalue weighted by atomic mass is 16.8. The molecule has 2 aromatic rings. The van der Waals surface area contributed by atoms with Crippen LogP contribution >= 0.6 is 0 Å². The number of carbonyl (C=O) groups is 3. The Labute approximate surface area is 259 Å². The van der Waals surface area contributed by atoms with Crippen LogP contribution in [0.2, 0.25) is 0 Å². The van der Waals surface area contributed by atoms with Crippen molar-refractivity contribution < 1.29 is 66.9 Å². The molecule has 0 aliphatic carbocycles. The van der Waals surface area contributed by atoms with Crippen LogP contribution in [0.5, 0.6) is 0 Å². The highest BCUT2D eigenvalue weighted by Gasteiger charge is 2.54. The van der Waals surface area contributed by atoms with Gasteiger partial charge in [0.1, 0.15) is 55.9 Å². The smallest absolute Gasteiger partial charge is 0.338 e. The van der Waals surface area contributed by atoms with Crippen LogP contribution in [-0.4, -0.2) is 126 Å². The van der Waals surface area contributed by atoms with Gasteiger partial charge in [0.25, 0.3) is 0 Å². The maximum atomic E-state index is 13.2. The van der Waals surface area contributed by atoms with Crippen LogP contribution in [0, 0.1) is 0 Å². The number of carbonyl (C=O) groups excluding carboxylic acids is 3. The van der Waals surface area contributed by atoms with Gasteiger partial charge in [-0.05, 0) is 30.3 Å². The van der Waals surface area contributed by atoms with Crippen LogP contribution in [0.25, 0.3) is 0 Å². The summed E-state index contributed by atoms with van der Waals surface area (Å²) < 4.78 is 58.0. The first-order chi connectivity index (χ1) is 21.8. The van der Waals surface area contributed by atoms with Gasteiger partial charge in [0.15, 0.2) is 18.7 Å². The normalized spacial score (nSPS) is 33.9. The van der Waals surface area contributed by atoms with E-state index in [0.717, 1.165) is 0 Å². The molecule has 0 unspecified atom stereocenters. The third-order valence-corrected chi connectivity index (χ3v) is 7.89. The molecule has 0 spiro atoms. The van der Waals surface area contributed by atoms with E-state index in [1.807, 2.05) is 0 Å². The van der Waals surface area contributed by atoms with E-state index in [1.165, 1.54) is 52.7 Å². The highest BCUT2D eigenvalue weighted by molar-refractivity contribution is 5.95. The molecule has 5 rings (SSSR count). The quantitative estimate of drug-likeness (QED) is 0.356. The maximum Gasteiger partial charge on any atom is 0.338 e. The van der Waals surface area contributed by atoms with Gasteiger partial charge >= 0.3 is 17.9 Å². The lowest BCUT2D eigenvalue weighted by Gasteiger charge is -2.48. The molecule has 14 heteroatoms. The van der Waals surface area contributed by atoms with Crippen LogP contribution in [0.3, 0.4) is 0 Å². The zero-order valence-corrected chi connectivity index (χ0v) is 25.1. The van der Waals surface area contributed by atoms with Gasteiger partial charge in [0.05, 0.1) is 16.7 Å². The molecule has 3 aliphatic heterocycles. The zero-order chi connectivity index (χ0) is 32.1. The molecule has 14 nitrogen and oxygen atoms in total. The number of esters is 3. The topological polar surface area (TPSA) is 164 Å². The Morgan fingerprint density at radius 3 is 1.93 bits per heavy atom. The molecule has 0 saturated carbocycles. The number of hydrogen-bond acceptors (Lipinski definition) is 14. The Morgan fingerprint density at radius 1 is 0.711 bits per heavy atom. The van der Waals surface area contributed by atoms with E-state index in [2.05, 4.69) is 0 Å². The zero-order valence-electron chi connectivity index (χ0n) is 25.1. The van der Waals surface area contributed by atoms with Crippen LogP contribution in [-0.2, 0) is 47.4 Å². The minimum absolute atomic E-state index is 0.0683. The van der Waals surface area contributed by atoms with E-state index < -0.39 is 85.9 Å². The lowest BCUT2D eigenvalue weighted by Crippen LogP contribution is -2.66. The molecule has 3 heterocycles. The average Bonchev–Trinajstić information content (AvgIpc) is 3.07.